The molecule has 3 fully saturated rings. The number of likely N-dealkylation sites (tertiary alicyclic amines) is 1. The summed E-state index contributed by atoms with van der Waals surface area (Å²) in [5, 5.41) is 3.25. The van der Waals surface area contributed by atoms with Gasteiger partial charge in [0.25, 0.3) is 0 Å². The second kappa shape index (κ2) is 3.96. The summed E-state index contributed by atoms with van der Waals surface area (Å²) in [5.74, 6) is 1.01. The summed E-state index contributed by atoms with van der Waals surface area (Å²) in [6.07, 6.45) is 4.45. The van der Waals surface area contributed by atoms with Gasteiger partial charge in [0.2, 0.25) is 5.91 Å². The van der Waals surface area contributed by atoms with Crippen molar-refractivity contribution in [1.82, 2.24) is 10.2 Å². The molecule has 3 nitrogen and oxygen atoms in total. The monoisotopic (exact) mass is 250 g/mol. The summed E-state index contributed by atoms with van der Waals surface area (Å²) in [7, 11) is 0. The van der Waals surface area contributed by atoms with E-state index in [2.05, 4.69) is 31.0 Å². The lowest BCUT2D eigenvalue weighted by Crippen LogP contribution is -2.46. The molecule has 2 bridgehead atoms. The lowest BCUT2D eigenvalue weighted by atomic mass is 9.65. The molecule has 1 aliphatic carbocycles. The van der Waals surface area contributed by atoms with Gasteiger partial charge in [-0.1, -0.05) is 20.8 Å². The van der Waals surface area contributed by atoms with Crippen LogP contribution in [0.25, 0.3) is 0 Å². The lowest BCUT2D eigenvalue weighted by molar-refractivity contribution is -0.133. The molecular weight excluding hydrogens is 224 g/mol. The van der Waals surface area contributed by atoms with Gasteiger partial charge in [0, 0.05) is 19.0 Å². The highest BCUT2D eigenvalue weighted by Crippen LogP contribution is 2.52. The molecule has 0 radical (unpaired) electrons. The van der Waals surface area contributed by atoms with Gasteiger partial charge >= 0.3 is 0 Å². The van der Waals surface area contributed by atoms with Crippen molar-refractivity contribution >= 4 is 5.91 Å². The summed E-state index contributed by atoms with van der Waals surface area (Å²) in [6, 6.07) is 0.513. The molecule has 3 heteroatoms. The third-order valence-corrected chi connectivity index (χ3v) is 5.06. The van der Waals surface area contributed by atoms with Gasteiger partial charge in [-0.3, -0.25) is 4.79 Å². The SMILES string of the molecule is CC1(C)CC2CC(C)(CN2C(=O)CC2CNC2)C1. The molecule has 2 atom stereocenters. The minimum Gasteiger partial charge on any atom is -0.339 e. The normalized spacial score (nSPS) is 38.6. The van der Waals surface area contributed by atoms with Crippen LogP contribution in [0.2, 0.25) is 0 Å². The largest absolute Gasteiger partial charge is 0.339 e. The van der Waals surface area contributed by atoms with Crippen LogP contribution in [-0.4, -0.2) is 36.5 Å². The molecule has 0 aromatic heterocycles. The third-order valence-electron chi connectivity index (χ3n) is 5.06. The van der Waals surface area contributed by atoms with Gasteiger partial charge in [-0.05, 0) is 49.1 Å². The van der Waals surface area contributed by atoms with Gasteiger partial charge in [-0.15, -0.1) is 0 Å². The quantitative estimate of drug-likeness (QED) is 0.813. The maximum absolute atomic E-state index is 12.4. The first-order valence-corrected chi connectivity index (χ1v) is 7.37. The van der Waals surface area contributed by atoms with E-state index < -0.39 is 0 Å². The van der Waals surface area contributed by atoms with E-state index in [0.29, 0.717) is 28.7 Å². The number of hydrogen-bond donors (Lipinski definition) is 1. The van der Waals surface area contributed by atoms with Crippen LogP contribution in [0.5, 0.6) is 0 Å². The van der Waals surface area contributed by atoms with Crippen LogP contribution >= 0.6 is 0 Å². The van der Waals surface area contributed by atoms with Gasteiger partial charge in [-0.2, -0.15) is 0 Å². The van der Waals surface area contributed by atoms with Crippen molar-refractivity contribution < 1.29 is 4.79 Å². The van der Waals surface area contributed by atoms with E-state index in [-0.39, 0.29) is 0 Å². The van der Waals surface area contributed by atoms with Gasteiger partial charge in [-0.25, -0.2) is 0 Å². The first-order valence-electron chi connectivity index (χ1n) is 7.37. The smallest absolute Gasteiger partial charge is 0.223 e. The average molecular weight is 250 g/mol. The Labute approximate surface area is 110 Å². The van der Waals surface area contributed by atoms with Crippen LogP contribution < -0.4 is 5.32 Å². The van der Waals surface area contributed by atoms with Gasteiger partial charge in [0.15, 0.2) is 0 Å². The number of fused-ring (bicyclic) bond motifs is 2. The molecule has 102 valence electrons. The Bertz CT molecular complexity index is 362. The van der Waals surface area contributed by atoms with Gasteiger partial charge in [0.1, 0.15) is 0 Å². The second-order valence-corrected chi connectivity index (χ2v) is 7.96. The van der Waals surface area contributed by atoms with Crippen molar-refractivity contribution in [2.24, 2.45) is 16.7 Å². The van der Waals surface area contributed by atoms with E-state index >= 15 is 0 Å². The van der Waals surface area contributed by atoms with E-state index in [9.17, 15) is 4.79 Å². The van der Waals surface area contributed by atoms with Crippen LogP contribution in [0.1, 0.15) is 46.5 Å². The zero-order valence-corrected chi connectivity index (χ0v) is 12.0. The fourth-order valence-corrected chi connectivity index (χ4v) is 4.61. The topological polar surface area (TPSA) is 32.3 Å². The summed E-state index contributed by atoms with van der Waals surface area (Å²) >= 11 is 0. The van der Waals surface area contributed by atoms with Crippen LogP contribution in [-0.2, 0) is 4.79 Å². The Balaban J connectivity index is 1.69. The fourth-order valence-electron chi connectivity index (χ4n) is 4.61. The number of hydrogen-bond acceptors (Lipinski definition) is 2. The van der Waals surface area contributed by atoms with Crippen molar-refractivity contribution in [3.63, 3.8) is 0 Å². The zero-order chi connectivity index (χ0) is 13.0. The van der Waals surface area contributed by atoms with Crippen molar-refractivity contribution in [3.8, 4) is 0 Å². The first kappa shape index (κ1) is 12.5. The van der Waals surface area contributed by atoms with Crippen molar-refractivity contribution in [3.05, 3.63) is 0 Å². The molecule has 2 saturated heterocycles. The number of carbonyl (C=O) groups is 1. The molecule has 3 aliphatic rings. The minimum atomic E-state index is 0.375. The molecule has 2 unspecified atom stereocenters. The highest BCUT2D eigenvalue weighted by atomic mass is 16.2. The predicted molar refractivity (Wildman–Crippen MR) is 72.2 cm³/mol. The number of amides is 1. The maximum atomic E-state index is 12.4. The Hall–Kier alpha value is -0.570. The van der Waals surface area contributed by atoms with Crippen LogP contribution in [0.4, 0.5) is 0 Å². The highest BCUT2D eigenvalue weighted by molar-refractivity contribution is 5.77. The third kappa shape index (κ3) is 2.18. The van der Waals surface area contributed by atoms with Crippen molar-refractivity contribution in [2.45, 2.75) is 52.5 Å². The standard InChI is InChI=1S/C15H26N2O/c1-14(2)5-12-6-15(3,9-14)10-17(12)13(18)4-11-7-16-8-11/h11-12,16H,4-10H2,1-3H3. The molecule has 1 N–H and O–H groups in total. The Morgan fingerprint density at radius 3 is 2.61 bits per heavy atom. The zero-order valence-electron chi connectivity index (χ0n) is 12.0. The molecule has 0 aromatic rings. The minimum absolute atomic E-state index is 0.375. The van der Waals surface area contributed by atoms with Crippen LogP contribution in [0.15, 0.2) is 0 Å². The molecule has 1 saturated carbocycles. The van der Waals surface area contributed by atoms with E-state index in [1.807, 2.05) is 0 Å². The van der Waals surface area contributed by atoms with E-state index in [0.717, 1.165) is 26.1 Å². The Morgan fingerprint density at radius 2 is 2.00 bits per heavy atom. The van der Waals surface area contributed by atoms with Crippen LogP contribution in [0.3, 0.4) is 0 Å². The molecule has 18 heavy (non-hydrogen) atoms. The Kier molecular flexibility index (Phi) is 2.74. The molecule has 1 amide bonds. The number of nitrogens with one attached hydrogen (secondary N) is 1. The van der Waals surface area contributed by atoms with Crippen LogP contribution in [0, 0.1) is 16.7 Å². The van der Waals surface area contributed by atoms with Gasteiger partial charge < -0.3 is 10.2 Å². The van der Waals surface area contributed by atoms with E-state index in [1.54, 1.807) is 0 Å². The first-order chi connectivity index (χ1) is 8.37. The second-order valence-electron chi connectivity index (χ2n) is 7.96. The molecular formula is C15H26N2O. The number of nitrogens with zero attached hydrogens (tertiary/aromatic N) is 1. The number of rotatable bonds is 2. The maximum Gasteiger partial charge on any atom is 0.223 e. The highest BCUT2D eigenvalue weighted by Gasteiger charge is 2.50. The van der Waals surface area contributed by atoms with E-state index in [4.69, 9.17) is 0 Å². The summed E-state index contributed by atoms with van der Waals surface area (Å²) in [4.78, 5) is 14.7. The predicted octanol–water partition coefficient (Wildman–Crippen LogP) is 2.02. The van der Waals surface area contributed by atoms with Gasteiger partial charge in [0.05, 0.1) is 0 Å². The summed E-state index contributed by atoms with van der Waals surface area (Å²) < 4.78 is 0. The Morgan fingerprint density at radius 1 is 1.28 bits per heavy atom. The molecule has 2 heterocycles. The molecule has 3 rings (SSSR count). The van der Waals surface area contributed by atoms with Crippen molar-refractivity contribution in [2.75, 3.05) is 19.6 Å². The molecule has 2 aliphatic heterocycles. The molecule has 0 aromatic carbocycles. The summed E-state index contributed by atoms with van der Waals surface area (Å²) in [5.41, 5.74) is 0.782. The number of carbonyl (C=O) groups excluding carboxylic acids is 1. The van der Waals surface area contributed by atoms with Crippen molar-refractivity contribution in [1.29, 1.82) is 0 Å². The lowest BCUT2D eigenvalue weighted by Gasteiger charge is -2.39. The fraction of sp³-hybridized carbons (Fsp3) is 0.933. The van der Waals surface area contributed by atoms with E-state index in [1.165, 1.54) is 19.3 Å². The summed E-state index contributed by atoms with van der Waals surface area (Å²) in [6.45, 7) is 10.2. The average Bonchev–Trinajstić information content (AvgIpc) is 2.41. The molecule has 0 spiro atoms.